The lowest BCUT2D eigenvalue weighted by Crippen LogP contribution is -2.38. The van der Waals surface area contributed by atoms with Crippen molar-refractivity contribution in [2.24, 2.45) is 5.92 Å². The van der Waals surface area contributed by atoms with Gasteiger partial charge in [-0.2, -0.15) is 9.78 Å². The molecule has 1 aromatic carbocycles. The Kier molecular flexibility index (Phi) is 5.99. The van der Waals surface area contributed by atoms with E-state index in [1.165, 1.54) is 4.68 Å². The molecular weight excluding hydrogens is 380 g/mol. The molecule has 0 N–H and O–H groups in total. The number of piperidine rings is 1. The van der Waals surface area contributed by atoms with Gasteiger partial charge in [-0.3, -0.25) is 9.59 Å². The third kappa shape index (κ3) is 4.03. The normalized spacial score (nSPS) is 15.1. The summed E-state index contributed by atoms with van der Waals surface area (Å²) in [5, 5.41) is 4.57. The van der Waals surface area contributed by atoms with E-state index in [9.17, 15) is 9.59 Å². The molecule has 0 aliphatic carbocycles. The molecule has 0 bridgehead atoms. The molecule has 1 aromatic rings. The summed E-state index contributed by atoms with van der Waals surface area (Å²) in [7, 11) is 1.67. The molecule has 0 aromatic heterocycles. The highest BCUT2D eigenvalue weighted by Gasteiger charge is 2.28. The average Bonchev–Trinajstić information content (AvgIpc) is 3.11. The Morgan fingerprint density at radius 1 is 1.17 bits per heavy atom. The Hall–Kier alpha value is -2.93. The van der Waals surface area contributed by atoms with Crippen molar-refractivity contribution < 1.29 is 9.53 Å². The minimum atomic E-state index is -0.210. The van der Waals surface area contributed by atoms with Crippen LogP contribution in [-0.2, 0) is 11.3 Å². The van der Waals surface area contributed by atoms with E-state index in [-0.39, 0.29) is 11.5 Å². The summed E-state index contributed by atoms with van der Waals surface area (Å²) < 4.78 is 8.46. The van der Waals surface area contributed by atoms with E-state index in [1.54, 1.807) is 13.3 Å². The molecule has 7 nitrogen and oxygen atoms in total. The molecule has 1 saturated heterocycles. The highest BCUT2D eigenvalue weighted by Crippen LogP contribution is 2.26. The number of aryl methyl sites for hydroxylation is 1. The molecule has 3 heterocycles. The smallest absolute Gasteiger partial charge is 0.282 e. The van der Waals surface area contributed by atoms with Crippen molar-refractivity contribution in [2.75, 3.05) is 26.8 Å². The van der Waals surface area contributed by atoms with Crippen molar-refractivity contribution in [1.29, 1.82) is 0 Å². The molecule has 158 valence electrons. The van der Waals surface area contributed by atoms with Crippen LogP contribution < -0.4 is 5.56 Å². The number of rotatable bonds is 6. The third-order valence-corrected chi connectivity index (χ3v) is 5.79. The van der Waals surface area contributed by atoms with Crippen LogP contribution >= 0.6 is 0 Å². The number of aromatic nitrogens is 3. The van der Waals surface area contributed by atoms with Crippen LogP contribution in [0, 0.1) is 5.92 Å². The molecule has 0 atom stereocenters. The van der Waals surface area contributed by atoms with E-state index in [0.717, 1.165) is 32.4 Å². The first-order valence-corrected chi connectivity index (χ1v) is 10.5. The minimum Gasteiger partial charge on any atom is -0.385 e. The number of methoxy groups -OCH3 is 1. The average molecular weight is 409 g/mol. The number of amides is 1. The molecule has 0 unspecified atom stereocenters. The van der Waals surface area contributed by atoms with E-state index >= 15 is 0 Å². The number of para-hydroxylation sites is 1. The fourth-order valence-electron chi connectivity index (χ4n) is 3.96. The molecule has 1 fully saturated rings. The van der Waals surface area contributed by atoms with Crippen LogP contribution in [0.3, 0.4) is 0 Å². The second-order valence-electron chi connectivity index (χ2n) is 8.05. The molecule has 30 heavy (non-hydrogen) atoms. The van der Waals surface area contributed by atoms with E-state index in [0.29, 0.717) is 41.6 Å². The second kappa shape index (κ2) is 8.83. The van der Waals surface area contributed by atoms with Crippen LogP contribution in [0.5, 0.6) is 0 Å². The fraction of sp³-hybridized carbons (Fsp3) is 0.435. The predicted molar refractivity (Wildman–Crippen MR) is 115 cm³/mol. The second-order valence-corrected chi connectivity index (χ2v) is 8.05. The number of fused-ring (bicyclic) bond motifs is 1. The Labute approximate surface area is 176 Å². The number of benzene rings is 1. The first-order chi connectivity index (χ1) is 14.6. The van der Waals surface area contributed by atoms with E-state index < -0.39 is 0 Å². The Bertz CT molecular complexity index is 1030. The Morgan fingerprint density at radius 3 is 2.60 bits per heavy atom. The highest BCUT2D eigenvalue weighted by atomic mass is 16.5. The molecular formula is C23H28N4O3. The van der Waals surface area contributed by atoms with Gasteiger partial charge in [0.05, 0.1) is 16.8 Å². The van der Waals surface area contributed by atoms with Gasteiger partial charge in [0.25, 0.3) is 11.5 Å². The highest BCUT2D eigenvalue weighted by molar-refractivity contribution is 6.00. The quantitative estimate of drug-likeness (QED) is 0.588. The van der Waals surface area contributed by atoms with Crippen molar-refractivity contribution in [1.82, 2.24) is 19.2 Å². The lowest BCUT2D eigenvalue weighted by molar-refractivity contribution is 0.0696. The maximum Gasteiger partial charge on any atom is 0.282 e. The van der Waals surface area contributed by atoms with Gasteiger partial charge in [-0.25, -0.2) is 0 Å². The van der Waals surface area contributed by atoms with Gasteiger partial charge < -0.3 is 14.2 Å². The van der Waals surface area contributed by atoms with Gasteiger partial charge in [-0.05, 0) is 37.3 Å². The summed E-state index contributed by atoms with van der Waals surface area (Å²) in [6, 6.07) is 9.31. The van der Waals surface area contributed by atoms with Crippen LogP contribution in [0.25, 0.3) is 16.9 Å². The number of hydrogen-bond donors (Lipinski definition) is 0. The van der Waals surface area contributed by atoms with Crippen LogP contribution in [0.4, 0.5) is 0 Å². The number of carbonyl (C=O) groups is 1. The van der Waals surface area contributed by atoms with Crippen LogP contribution in [0.15, 0.2) is 47.5 Å². The van der Waals surface area contributed by atoms with Gasteiger partial charge in [-0.1, -0.05) is 25.1 Å². The Morgan fingerprint density at radius 2 is 1.90 bits per heavy atom. The zero-order chi connectivity index (χ0) is 21.1. The predicted octanol–water partition coefficient (Wildman–Crippen LogP) is 3.05. The number of nitrogens with zero attached hydrogens (tertiary/aromatic N) is 4. The monoisotopic (exact) mass is 408 g/mol. The number of ether oxygens (including phenoxy) is 1. The van der Waals surface area contributed by atoms with Crippen molar-refractivity contribution in [3.8, 4) is 16.9 Å². The van der Waals surface area contributed by atoms with Gasteiger partial charge in [0, 0.05) is 45.7 Å². The maximum atomic E-state index is 13.4. The van der Waals surface area contributed by atoms with E-state index in [1.807, 2.05) is 46.0 Å². The van der Waals surface area contributed by atoms with Gasteiger partial charge in [0.2, 0.25) is 0 Å². The molecule has 4 rings (SSSR count). The summed E-state index contributed by atoms with van der Waals surface area (Å²) in [6.45, 7) is 4.98. The minimum absolute atomic E-state index is 0.0503. The van der Waals surface area contributed by atoms with Gasteiger partial charge in [0.1, 0.15) is 5.69 Å². The standard InChI is InChI=1S/C23H28N4O3/c1-17-9-12-26(13-10-17)22(28)19-15-25(11-6-14-30-2)16-20-21(19)24-27(23(20)29)18-7-4-3-5-8-18/h3-5,7-8,15-17H,6,9-14H2,1-2H3. The number of likely N-dealkylation sites (tertiary alicyclic amines) is 1. The van der Waals surface area contributed by atoms with Crippen molar-refractivity contribution >= 4 is 5.91 Å². The van der Waals surface area contributed by atoms with Crippen LogP contribution in [0.1, 0.15) is 36.5 Å². The van der Waals surface area contributed by atoms with Crippen molar-refractivity contribution in [3.05, 3.63) is 58.6 Å². The van der Waals surface area contributed by atoms with Crippen molar-refractivity contribution in [3.63, 3.8) is 0 Å². The van der Waals surface area contributed by atoms with Crippen LogP contribution in [-0.4, -0.2) is 52.0 Å². The van der Waals surface area contributed by atoms with Crippen LogP contribution in [0.2, 0.25) is 0 Å². The number of carbonyl (C=O) groups excluding carboxylic acids is 1. The lowest BCUT2D eigenvalue weighted by atomic mass is 9.98. The van der Waals surface area contributed by atoms with Gasteiger partial charge >= 0.3 is 0 Å². The summed E-state index contributed by atoms with van der Waals surface area (Å²) >= 11 is 0. The van der Waals surface area contributed by atoms with Gasteiger partial charge in [-0.15, -0.1) is 0 Å². The zero-order valence-corrected chi connectivity index (χ0v) is 17.6. The maximum absolute atomic E-state index is 13.4. The Balaban J connectivity index is 1.78. The largest absolute Gasteiger partial charge is 0.385 e. The molecule has 3 aliphatic heterocycles. The molecule has 0 radical (unpaired) electrons. The molecule has 0 saturated carbocycles. The first-order valence-electron chi connectivity index (χ1n) is 10.5. The lowest BCUT2D eigenvalue weighted by Gasteiger charge is -2.30. The summed E-state index contributed by atoms with van der Waals surface area (Å²) in [5.41, 5.74) is 1.91. The van der Waals surface area contributed by atoms with E-state index in [4.69, 9.17) is 4.74 Å². The van der Waals surface area contributed by atoms with Gasteiger partial charge in [0.15, 0.2) is 0 Å². The molecule has 3 aliphatic rings. The van der Waals surface area contributed by atoms with E-state index in [2.05, 4.69) is 12.0 Å². The first kappa shape index (κ1) is 20.3. The molecule has 1 amide bonds. The third-order valence-electron chi connectivity index (χ3n) is 5.79. The summed E-state index contributed by atoms with van der Waals surface area (Å²) in [6.07, 6.45) is 6.43. The van der Waals surface area contributed by atoms with Crippen molar-refractivity contribution in [2.45, 2.75) is 32.7 Å². The SMILES string of the molecule is COCCCn1cc(C(=O)N2CCC(C)CC2)c2nn(-c3ccccc3)c(=O)c-2c1. The summed E-state index contributed by atoms with van der Waals surface area (Å²) in [4.78, 5) is 28.4. The fourth-order valence-corrected chi connectivity index (χ4v) is 3.96. The molecule has 7 heteroatoms. The number of hydrogen-bond acceptors (Lipinski definition) is 4. The summed E-state index contributed by atoms with van der Waals surface area (Å²) in [5.74, 6) is 0.583. The topological polar surface area (TPSA) is 69.4 Å². The molecule has 0 spiro atoms. The zero-order valence-electron chi connectivity index (χ0n) is 17.6. The number of pyridine rings is 1.